The lowest BCUT2D eigenvalue weighted by Crippen LogP contribution is -2.28. The molecule has 2 aliphatic carbocycles. The van der Waals surface area contributed by atoms with Crippen molar-refractivity contribution in [1.29, 1.82) is 0 Å². The number of amides is 2. The highest BCUT2D eigenvalue weighted by molar-refractivity contribution is 6.31. The van der Waals surface area contributed by atoms with E-state index in [2.05, 4.69) is 17.3 Å². The first kappa shape index (κ1) is 21.5. The summed E-state index contributed by atoms with van der Waals surface area (Å²) in [5.74, 6) is 0.555. The van der Waals surface area contributed by atoms with E-state index in [1.165, 1.54) is 20.4 Å². The summed E-state index contributed by atoms with van der Waals surface area (Å²) in [4.78, 5) is 25.7. The van der Waals surface area contributed by atoms with Gasteiger partial charge in [0, 0.05) is 16.1 Å². The molecule has 7 nitrogen and oxygen atoms in total. The molecule has 8 heteroatoms. The fraction of sp³-hybridized carbons (Fsp3) is 0.320. The van der Waals surface area contributed by atoms with Gasteiger partial charge in [0.2, 0.25) is 5.75 Å². The molecule has 1 saturated carbocycles. The molecule has 0 radical (unpaired) electrons. The molecule has 3 aliphatic rings. The minimum atomic E-state index is -0.283. The van der Waals surface area contributed by atoms with Crippen molar-refractivity contribution in [1.82, 2.24) is 5.01 Å². The predicted octanol–water partition coefficient (Wildman–Crippen LogP) is 4.08. The number of imide groups is 1. The van der Waals surface area contributed by atoms with Crippen molar-refractivity contribution in [2.75, 3.05) is 14.2 Å². The zero-order chi connectivity index (χ0) is 23.1. The molecule has 2 fully saturated rings. The van der Waals surface area contributed by atoms with Crippen LogP contribution in [0.5, 0.6) is 17.2 Å². The number of hydrogen-bond donors (Lipinski definition) is 0. The van der Waals surface area contributed by atoms with Gasteiger partial charge >= 0.3 is 0 Å². The van der Waals surface area contributed by atoms with Crippen LogP contribution in [-0.2, 0) is 16.2 Å². The Hall–Kier alpha value is -3.32. The number of ether oxygens (including phenoxy) is 3. The van der Waals surface area contributed by atoms with Gasteiger partial charge in [-0.3, -0.25) is 9.59 Å². The van der Waals surface area contributed by atoms with Crippen molar-refractivity contribution < 1.29 is 23.8 Å². The van der Waals surface area contributed by atoms with Gasteiger partial charge in [-0.05, 0) is 36.5 Å². The van der Waals surface area contributed by atoms with E-state index in [4.69, 9.17) is 25.8 Å². The highest BCUT2D eigenvalue weighted by Gasteiger charge is 2.59. The van der Waals surface area contributed by atoms with E-state index in [0.717, 1.165) is 17.0 Å². The highest BCUT2D eigenvalue weighted by Crippen LogP contribution is 2.52. The molecular formula is C25H23ClN2O5. The quantitative estimate of drug-likeness (QED) is 0.349. The number of nitrogens with zero attached hydrogens (tertiary/aromatic N) is 2. The van der Waals surface area contributed by atoms with Gasteiger partial charge in [0.05, 0.1) is 32.3 Å². The second-order valence-corrected chi connectivity index (χ2v) is 8.77. The van der Waals surface area contributed by atoms with E-state index >= 15 is 0 Å². The number of methoxy groups -OCH3 is 2. The largest absolute Gasteiger partial charge is 0.493 e. The lowest BCUT2D eigenvalue weighted by molar-refractivity contribution is -0.140. The Morgan fingerprint density at radius 3 is 2.21 bits per heavy atom. The third-order valence-electron chi connectivity index (χ3n) is 6.58. The van der Waals surface area contributed by atoms with Crippen LogP contribution < -0.4 is 14.2 Å². The molecule has 2 aromatic rings. The van der Waals surface area contributed by atoms with Crippen LogP contribution in [0, 0.1) is 23.7 Å². The molecule has 4 unspecified atom stereocenters. The predicted molar refractivity (Wildman–Crippen MR) is 122 cm³/mol. The van der Waals surface area contributed by atoms with Crippen LogP contribution in [0.4, 0.5) is 0 Å². The van der Waals surface area contributed by atoms with E-state index in [9.17, 15) is 9.59 Å². The zero-order valence-corrected chi connectivity index (χ0v) is 19.0. The third-order valence-corrected chi connectivity index (χ3v) is 6.95. The number of halogens is 1. The second-order valence-electron chi connectivity index (χ2n) is 8.37. The number of carbonyl (C=O) groups is 2. The van der Waals surface area contributed by atoms with Crippen molar-refractivity contribution in [2.45, 2.75) is 13.0 Å². The smallest absolute Gasteiger partial charge is 0.254 e. The summed E-state index contributed by atoms with van der Waals surface area (Å²) in [5.41, 5.74) is 1.43. The molecule has 5 rings (SSSR count). The van der Waals surface area contributed by atoms with E-state index < -0.39 is 0 Å². The molecule has 0 N–H and O–H groups in total. The fourth-order valence-electron chi connectivity index (χ4n) is 5.01. The summed E-state index contributed by atoms with van der Waals surface area (Å²) >= 11 is 6.22. The van der Waals surface area contributed by atoms with Crippen molar-refractivity contribution in [2.24, 2.45) is 28.8 Å². The molecule has 2 bridgehead atoms. The molecule has 170 valence electrons. The van der Waals surface area contributed by atoms with Crippen LogP contribution in [0.1, 0.15) is 17.5 Å². The van der Waals surface area contributed by atoms with Gasteiger partial charge in [-0.1, -0.05) is 42.0 Å². The van der Waals surface area contributed by atoms with Crippen LogP contribution in [0.25, 0.3) is 0 Å². The Bertz CT molecular complexity index is 1120. The first-order valence-electron chi connectivity index (χ1n) is 10.7. The number of hydrogen-bond acceptors (Lipinski definition) is 6. The van der Waals surface area contributed by atoms with Gasteiger partial charge in [-0.25, -0.2) is 0 Å². The van der Waals surface area contributed by atoms with Crippen LogP contribution >= 0.6 is 11.6 Å². The maximum atomic E-state index is 12.8. The van der Waals surface area contributed by atoms with Crippen LogP contribution in [-0.4, -0.2) is 37.3 Å². The number of allylic oxidation sites excluding steroid dienone is 2. The molecule has 1 aliphatic heterocycles. The van der Waals surface area contributed by atoms with Crippen LogP contribution in [0.2, 0.25) is 5.02 Å². The topological polar surface area (TPSA) is 77.4 Å². The summed E-state index contributed by atoms with van der Waals surface area (Å²) < 4.78 is 17.0. The first-order chi connectivity index (χ1) is 16.0. The maximum Gasteiger partial charge on any atom is 0.254 e. The number of fused-ring (bicyclic) bond motifs is 5. The van der Waals surface area contributed by atoms with Crippen LogP contribution in [0.15, 0.2) is 53.7 Å². The fourth-order valence-corrected chi connectivity index (χ4v) is 5.20. The lowest BCUT2D eigenvalue weighted by Gasteiger charge is -2.16. The molecule has 4 atom stereocenters. The highest BCUT2D eigenvalue weighted by atomic mass is 35.5. The lowest BCUT2D eigenvalue weighted by atomic mass is 9.85. The molecule has 2 amide bonds. The van der Waals surface area contributed by atoms with E-state index in [1.807, 2.05) is 18.2 Å². The maximum absolute atomic E-state index is 12.8. The first-order valence-corrected chi connectivity index (χ1v) is 11.1. The van der Waals surface area contributed by atoms with Crippen molar-refractivity contribution in [3.8, 4) is 17.2 Å². The summed E-state index contributed by atoms with van der Waals surface area (Å²) in [6.07, 6.45) is 6.46. The molecule has 2 aromatic carbocycles. The minimum absolute atomic E-state index is 0.145. The number of carbonyl (C=O) groups excluding carboxylic acids is 2. The van der Waals surface area contributed by atoms with E-state index in [-0.39, 0.29) is 42.1 Å². The Balaban J connectivity index is 1.37. The standard InChI is InChI=1S/C25H23ClN2O5/c1-31-19-9-14(10-20(32-2)23(19)33-13-17-5-3-4-6-18(17)26)12-27-28-24(29)21-15-7-8-16(11-15)22(21)25(28)30/h3-10,12,15-16,21-22H,11,13H2,1-2H3. The van der Waals surface area contributed by atoms with E-state index in [1.54, 1.807) is 18.2 Å². The normalized spacial score (nSPS) is 25.2. The van der Waals surface area contributed by atoms with Gasteiger partial charge in [0.1, 0.15) is 6.61 Å². The molecule has 1 heterocycles. The van der Waals surface area contributed by atoms with Crippen LogP contribution in [0.3, 0.4) is 0 Å². The zero-order valence-electron chi connectivity index (χ0n) is 18.2. The third kappa shape index (κ3) is 3.66. The summed E-state index contributed by atoms with van der Waals surface area (Å²) in [6.45, 7) is 0.232. The van der Waals surface area contributed by atoms with Crippen molar-refractivity contribution in [3.05, 3.63) is 64.7 Å². The van der Waals surface area contributed by atoms with E-state index in [0.29, 0.717) is 27.8 Å². The average molecular weight is 467 g/mol. The number of hydrazone groups is 1. The molecule has 33 heavy (non-hydrogen) atoms. The SMILES string of the molecule is COc1cc(C=NN2C(=O)C3C4C=CC(C4)C3C2=O)cc(OC)c1OCc1ccccc1Cl. The van der Waals surface area contributed by atoms with Gasteiger partial charge in [-0.15, -0.1) is 0 Å². The van der Waals surface area contributed by atoms with Gasteiger partial charge in [0.15, 0.2) is 11.5 Å². The summed E-state index contributed by atoms with van der Waals surface area (Å²) in [7, 11) is 3.05. The Kier molecular flexibility index (Phi) is 5.58. The van der Waals surface area contributed by atoms with Gasteiger partial charge in [0.25, 0.3) is 11.8 Å². The van der Waals surface area contributed by atoms with Gasteiger partial charge in [-0.2, -0.15) is 10.1 Å². The van der Waals surface area contributed by atoms with Crippen molar-refractivity contribution in [3.63, 3.8) is 0 Å². The average Bonchev–Trinajstić information content (AvgIpc) is 3.51. The summed E-state index contributed by atoms with van der Waals surface area (Å²) in [5, 5.41) is 5.85. The number of rotatable bonds is 7. The minimum Gasteiger partial charge on any atom is -0.493 e. The monoisotopic (exact) mass is 466 g/mol. The Labute approximate surface area is 196 Å². The molecule has 0 spiro atoms. The second kappa shape index (κ2) is 8.56. The molecule has 0 aromatic heterocycles. The number of benzene rings is 2. The molecule has 1 saturated heterocycles. The Morgan fingerprint density at radius 2 is 1.64 bits per heavy atom. The molecular weight excluding hydrogens is 444 g/mol. The van der Waals surface area contributed by atoms with Gasteiger partial charge < -0.3 is 14.2 Å². The summed E-state index contributed by atoms with van der Waals surface area (Å²) in [6, 6.07) is 10.8. The van der Waals surface area contributed by atoms with Crippen molar-refractivity contribution >= 4 is 29.6 Å². The Morgan fingerprint density at radius 1 is 1.03 bits per heavy atom.